The van der Waals surface area contributed by atoms with Crippen molar-refractivity contribution in [2.24, 2.45) is 16.1 Å². The zero-order valence-corrected chi connectivity index (χ0v) is 7.30. The minimum Gasteiger partial charge on any atom is -0.370 e. The maximum absolute atomic E-state index is 8.72. The summed E-state index contributed by atoms with van der Waals surface area (Å²) in [5, 5.41) is 11.6. The normalized spacial score (nSPS) is 19.8. The second-order valence-electron chi connectivity index (χ2n) is 3.12. The summed E-state index contributed by atoms with van der Waals surface area (Å²) in [7, 11) is 0. The monoisotopic (exact) mass is 166 g/mol. The third-order valence-electron chi connectivity index (χ3n) is 2.00. The van der Waals surface area contributed by atoms with Gasteiger partial charge in [0, 0.05) is 6.54 Å². The highest BCUT2D eigenvalue weighted by Gasteiger charge is 2.42. The van der Waals surface area contributed by atoms with Crippen molar-refractivity contribution in [3.05, 3.63) is 0 Å². The lowest BCUT2D eigenvalue weighted by molar-refractivity contribution is 0.680. The number of rotatable bonds is 3. The minimum atomic E-state index is -0.181. The van der Waals surface area contributed by atoms with Gasteiger partial charge in [0.15, 0.2) is 5.96 Å². The van der Waals surface area contributed by atoms with E-state index < -0.39 is 0 Å². The molecule has 66 valence electrons. The van der Waals surface area contributed by atoms with Crippen LogP contribution in [-0.2, 0) is 0 Å². The molecule has 0 atom stereocenters. The van der Waals surface area contributed by atoms with Gasteiger partial charge >= 0.3 is 0 Å². The third-order valence-corrected chi connectivity index (χ3v) is 2.00. The molecule has 1 saturated carbocycles. The number of nitriles is 1. The molecule has 0 aliphatic heterocycles. The molecule has 0 unspecified atom stereocenters. The van der Waals surface area contributed by atoms with Crippen molar-refractivity contribution in [1.29, 1.82) is 5.26 Å². The lowest BCUT2D eigenvalue weighted by Gasteiger charge is -2.03. The molecule has 4 nitrogen and oxygen atoms in total. The molecule has 0 bridgehead atoms. The summed E-state index contributed by atoms with van der Waals surface area (Å²) in [6, 6.07) is 2.26. The number of nitrogens with zero attached hydrogens (tertiary/aromatic N) is 2. The number of aliphatic imine (C=N–C) groups is 1. The van der Waals surface area contributed by atoms with Gasteiger partial charge in [0.05, 0.1) is 18.0 Å². The fourth-order valence-electron chi connectivity index (χ4n) is 0.930. The number of hydrogen-bond donors (Lipinski definition) is 2. The maximum atomic E-state index is 8.72. The molecule has 0 aromatic rings. The molecule has 4 heteroatoms. The van der Waals surface area contributed by atoms with Gasteiger partial charge in [-0.3, -0.25) is 4.99 Å². The van der Waals surface area contributed by atoms with Crippen molar-refractivity contribution in [1.82, 2.24) is 5.32 Å². The molecule has 12 heavy (non-hydrogen) atoms. The largest absolute Gasteiger partial charge is 0.370 e. The molecule has 0 radical (unpaired) electrons. The first-order valence-corrected chi connectivity index (χ1v) is 4.17. The van der Waals surface area contributed by atoms with Gasteiger partial charge in [-0.15, -0.1) is 0 Å². The predicted molar refractivity (Wildman–Crippen MR) is 47.4 cm³/mol. The van der Waals surface area contributed by atoms with Crippen LogP contribution < -0.4 is 11.1 Å². The Balaban J connectivity index is 2.34. The molecule has 0 heterocycles. The lowest BCUT2D eigenvalue weighted by Crippen LogP contribution is -2.31. The first kappa shape index (κ1) is 8.85. The lowest BCUT2D eigenvalue weighted by atomic mass is 10.1. The Bertz CT molecular complexity index is 222. The summed E-state index contributed by atoms with van der Waals surface area (Å²) in [4.78, 5) is 4.08. The van der Waals surface area contributed by atoms with Crippen LogP contribution in [0.25, 0.3) is 0 Å². The van der Waals surface area contributed by atoms with Crippen molar-refractivity contribution in [3.63, 3.8) is 0 Å². The van der Waals surface area contributed by atoms with Crippen molar-refractivity contribution < 1.29 is 0 Å². The van der Waals surface area contributed by atoms with Gasteiger partial charge in [-0.2, -0.15) is 5.26 Å². The fourth-order valence-corrected chi connectivity index (χ4v) is 0.930. The second-order valence-corrected chi connectivity index (χ2v) is 3.12. The van der Waals surface area contributed by atoms with Crippen LogP contribution in [0.3, 0.4) is 0 Å². The molecular weight excluding hydrogens is 152 g/mol. The van der Waals surface area contributed by atoms with Gasteiger partial charge in [0.2, 0.25) is 0 Å². The van der Waals surface area contributed by atoms with E-state index in [2.05, 4.69) is 16.4 Å². The predicted octanol–water partition coefficient (Wildman–Crippen LogP) is 0.214. The molecule has 0 spiro atoms. The molecule has 1 rings (SSSR count). The third kappa shape index (κ3) is 2.12. The fraction of sp³-hybridized carbons (Fsp3) is 0.750. The van der Waals surface area contributed by atoms with Crippen LogP contribution in [0.4, 0.5) is 0 Å². The van der Waals surface area contributed by atoms with E-state index in [4.69, 9.17) is 11.0 Å². The molecular formula is C8H14N4. The smallest absolute Gasteiger partial charge is 0.188 e. The van der Waals surface area contributed by atoms with E-state index in [0.717, 1.165) is 19.4 Å². The van der Waals surface area contributed by atoms with Crippen molar-refractivity contribution in [2.75, 3.05) is 13.1 Å². The zero-order chi connectivity index (χ0) is 9.03. The first-order chi connectivity index (χ1) is 5.72. The summed E-state index contributed by atoms with van der Waals surface area (Å²) in [6.07, 6.45) is 1.93. The van der Waals surface area contributed by atoms with Gasteiger partial charge < -0.3 is 11.1 Å². The van der Waals surface area contributed by atoms with Crippen molar-refractivity contribution in [3.8, 4) is 6.07 Å². The molecule has 1 aliphatic rings. The molecule has 1 fully saturated rings. The Morgan fingerprint density at radius 1 is 1.75 bits per heavy atom. The Morgan fingerprint density at radius 3 is 2.83 bits per heavy atom. The van der Waals surface area contributed by atoms with Crippen LogP contribution in [-0.4, -0.2) is 19.0 Å². The number of hydrogen-bond acceptors (Lipinski definition) is 2. The van der Waals surface area contributed by atoms with E-state index >= 15 is 0 Å². The van der Waals surface area contributed by atoms with Crippen molar-refractivity contribution >= 4 is 5.96 Å². The summed E-state index contributed by atoms with van der Waals surface area (Å²) in [6.45, 7) is 3.27. The van der Waals surface area contributed by atoms with E-state index in [9.17, 15) is 0 Å². The number of guanidine groups is 1. The Morgan fingerprint density at radius 2 is 2.42 bits per heavy atom. The summed E-state index contributed by atoms with van der Waals surface area (Å²) >= 11 is 0. The molecule has 0 aromatic heterocycles. The van der Waals surface area contributed by atoms with Crippen LogP contribution in [0, 0.1) is 16.7 Å². The summed E-state index contributed by atoms with van der Waals surface area (Å²) < 4.78 is 0. The molecule has 3 N–H and O–H groups in total. The van der Waals surface area contributed by atoms with Gasteiger partial charge in [0.1, 0.15) is 0 Å². The second kappa shape index (κ2) is 3.44. The molecule has 0 amide bonds. The van der Waals surface area contributed by atoms with Crippen LogP contribution in [0.15, 0.2) is 4.99 Å². The quantitative estimate of drug-likeness (QED) is 0.465. The Hall–Kier alpha value is -1.24. The summed E-state index contributed by atoms with van der Waals surface area (Å²) in [5.41, 5.74) is 5.32. The van der Waals surface area contributed by atoms with E-state index in [-0.39, 0.29) is 5.41 Å². The summed E-state index contributed by atoms with van der Waals surface area (Å²) in [5.74, 6) is 0.444. The average Bonchev–Trinajstić information content (AvgIpc) is 2.82. The Kier molecular flexibility index (Phi) is 2.54. The standard InChI is InChI=1S/C8H14N4/c1-2-11-7(10)12-6-8(5-9)3-4-8/h2-4,6H2,1H3,(H3,10,11,12). The topological polar surface area (TPSA) is 74.2 Å². The van der Waals surface area contributed by atoms with Crippen LogP contribution in [0.2, 0.25) is 0 Å². The number of nitrogens with one attached hydrogen (secondary N) is 1. The Labute approximate surface area is 72.5 Å². The van der Waals surface area contributed by atoms with E-state index in [1.165, 1.54) is 0 Å². The molecule has 0 saturated heterocycles. The maximum Gasteiger partial charge on any atom is 0.188 e. The zero-order valence-electron chi connectivity index (χ0n) is 7.30. The van der Waals surface area contributed by atoms with E-state index in [1.807, 2.05) is 6.92 Å². The highest BCUT2D eigenvalue weighted by molar-refractivity contribution is 5.77. The molecule has 0 aromatic carbocycles. The first-order valence-electron chi connectivity index (χ1n) is 4.17. The number of nitrogens with two attached hydrogens (primary N) is 1. The minimum absolute atomic E-state index is 0.181. The van der Waals surface area contributed by atoms with E-state index in [1.54, 1.807) is 0 Å². The highest BCUT2D eigenvalue weighted by atomic mass is 15.1. The average molecular weight is 166 g/mol. The van der Waals surface area contributed by atoms with Crippen LogP contribution >= 0.6 is 0 Å². The SMILES string of the molecule is CCNC(N)=NCC1(C#N)CC1. The van der Waals surface area contributed by atoms with Gasteiger partial charge in [-0.05, 0) is 19.8 Å². The van der Waals surface area contributed by atoms with Gasteiger partial charge in [0.25, 0.3) is 0 Å². The highest BCUT2D eigenvalue weighted by Crippen LogP contribution is 2.44. The van der Waals surface area contributed by atoms with Crippen LogP contribution in [0.1, 0.15) is 19.8 Å². The molecule has 1 aliphatic carbocycles. The van der Waals surface area contributed by atoms with Crippen LogP contribution in [0.5, 0.6) is 0 Å². The van der Waals surface area contributed by atoms with Gasteiger partial charge in [-0.1, -0.05) is 0 Å². The van der Waals surface area contributed by atoms with Crippen molar-refractivity contribution in [2.45, 2.75) is 19.8 Å². The van der Waals surface area contributed by atoms with E-state index in [0.29, 0.717) is 12.5 Å². The van der Waals surface area contributed by atoms with Gasteiger partial charge in [-0.25, -0.2) is 0 Å².